The normalized spacial score (nSPS) is 22.1. The Hall–Kier alpha value is -3.74. The number of hydrogen-bond donors (Lipinski definition) is 1. The van der Waals surface area contributed by atoms with Crippen molar-refractivity contribution >= 4 is 22.8 Å². The highest BCUT2D eigenvalue weighted by atomic mass is 19.4. The van der Waals surface area contributed by atoms with Gasteiger partial charge in [-0.1, -0.05) is 5.21 Å². The third-order valence-electron chi connectivity index (χ3n) is 6.92. The van der Waals surface area contributed by atoms with Crippen LogP contribution in [0.15, 0.2) is 30.5 Å². The van der Waals surface area contributed by atoms with Crippen LogP contribution in [-0.2, 0) is 10.9 Å². The van der Waals surface area contributed by atoms with Gasteiger partial charge in [0.1, 0.15) is 17.2 Å². The zero-order valence-corrected chi connectivity index (χ0v) is 18.9. The van der Waals surface area contributed by atoms with Gasteiger partial charge >= 0.3 is 6.18 Å². The first-order chi connectivity index (χ1) is 17.3. The molecule has 0 saturated carbocycles. The van der Waals surface area contributed by atoms with E-state index in [1.165, 1.54) is 4.90 Å². The van der Waals surface area contributed by atoms with E-state index < -0.39 is 29.6 Å². The maximum Gasteiger partial charge on any atom is 0.421 e. The minimum Gasteiger partial charge on any atom is -0.469 e. The lowest BCUT2D eigenvalue weighted by Crippen LogP contribution is -2.39. The third kappa shape index (κ3) is 4.02. The summed E-state index contributed by atoms with van der Waals surface area (Å²) in [6, 6.07) is 5.94. The molecule has 3 aromatic rings. The van der Waals surface area contributed by atoms with Crippen molar-refractivity contribution in [3.63, 3.8) is 0 Å². The van der Waals surface area contributed by atoms with E-state index in [-0.39, 0.29) is 36.5 Å². The molecule has 0 bridgehead atoms. The van der Waals surface area contributed by atoms with E-state index >= 15 is 0 Å². The summed E-state index contributed by atoms with van der Waals surface area (Å²) in [6.07, 6.45) is -4.08. The van der Waals surface area contributed by atoms with Crippen LogP contribution in [0, 0.1) is 11.8 Å². The van der Waals surface area contributed by atoms with E-state index in [0.29, 0.717) is 37.3 Å². The Balaban J connectivity index is 1.13. The molecule has 2 amide bonds. The Morgan fingerprint density at radius 3 is 2.28 bits per heavy atom. The lowest BCUT2D eigenvalue weighted by molar-refractivity contribution is -0.142. The summed E-state index contributed by atoms with van der Waals surface area (Å²) in [5.74, 6) is -1.10. The van der Waals surface area contributed by atoms with Crippen molar-refractivity contribution in [2.75, 3.05) is 39.4 Å². The number of nitrogens with one attached hydrogen (secondary N) is 1. The molecule has 188 valence electrons. The molecule has 1 aromatic carbocycles. The molecule has 6 rings (SSSR count). The summed E-state index contributed by atoms with van der Waals surface area (Å²) in [5.41, 5.74) is 0.611. The predicted octanol–water partition coefficient (Wildman–Crippen LogP) is 1.99. The van der Waals surface area contributed by atoms with E-state index in [0.717, 1.165) is 17.8 Å². The molecule has 36 heavy (non-hydrogen) atoms. The molecule has 5 heterocycles. The average molecular weight is 502 g/mol. The first kappa shape index (κ1) is 22.7. The fraction of sp³-hybridized carbons (Fsp3) is 0.435. The molecular weight excluding hydrogens is 481 g/mol. The van der Waals surface area contributed by atoms with Gasteiger partial charge in [-0.3, -0.25) is 14.7 Å². The van der Waals surface area contributed by atoms with Crippen molar-refractivity contribution in [2.45, 2.75) is 12.3 Å². The number of nitrogens with zero attached hydrogens (tertiary/aromatic N) is 5. The van der Waals surface area contributed by atoms with E-state index in [4.69, 9.17) is 9.47 Å². The van der Waals surface area contributed by atoms with Crippen LogP contribution in [0.5, 0.6) is 5.88 Å². The number of hydrogen-bond acceptors (Lipinski definition) is 7. The number of benzene rings is 1. The number of H-pyrrole nitrogens is 1. The summed E-state index contributed by atoms with van der Waals surface area (Å²) in [4.78, 5) is 33.1. The van der Waals surface area contributed by atoms with Crippen LogP contribution in [0.25, 0.3) is 11.0 Å². The van der Waals surface area contributed by atoms with Gasteiger partial charge in [0.05, 0.1) is 24.3 Å². The molecule has 3 aliphatic rings. The van der Waals surface area contributed by atoms with Gasteiger partial charge in [0, 0.05) is 49.8 Å². The van der Waals surface area contributed by atoms with Crippen LogP contribution in [0.4, 0.5) is 13.2 Å². The number of aromatic amines is 1. The summed E-state index contributed by atoms with van der Waals surface area (Å²) >= 11 is 0. The predicted molar refractivity (Wildman–Crippen MR) is 117 cm³/mol. The summed E-state index contributed by atoms with van der Waals surface area (Å²) in [5, 5.41) is 10.4. The van der Waals surface area contributed by atoms with Crippen molar-refractivity contribution in [2.24, 2.45) is 11.8 Å². The van der Waals surface area contributed by atoms with Crippen molar-refractivity contribution in [1.29, 1.82) is 0 Å². The maximum atomic E-state index is 13.6. The van der Waals surface area contributed by atoms with Gasteiger partial charge in [-0.2, -0.15) is 13.2 Å². The highest BCUT2D eigenvalue weighted by molar-refractivity contribution is 5.97. The number of pyridine rings is 1. The molecule has 13 heteroatoms. The molecule has 1 N–H and O–H groups in total. The summed E-state index contributed by atoms with van der Waals surface area (Å²) in [6.45, 7) is 2.04. The Labute approximate surface area is 202 Å². The Bertz CT molecular complexity index is 1330. The number of carbonyl (C=O) groups is 2. The number of fused-ring (bicyclic) bond motifs is 2. The maximum absolute atomic E-state index is 13.6. The van der Waals surface area contributed by atoms with Crippen LogP contribution < -0.4 is 4.74 Å². The average Bonchev–Trinajstić information content (AvgIpc) is 3.54. The molecule has 0 radical (unpaired) electrons. The van der Waals surface area contributed by atoms with Gasteiger partial charge in [0.2, 0.25) is 5.88 Å². The van der Waals surface area contributed by atoms with Gasteiger partial charge in [-0.15, -0.1) is 5.10 Å². The topological polar surface area (TPSA) is 114 Å². The number of aromatic nitrogens is 4. The molecule has 3 saturated heterocycles. The number of halogens is 3. The smallest absolute Gasteiger partial charge is 0.421 e. The second kappa shape index (κ2) is 8.43. The second-order valence-corrected chi connectivity index (χ2v) is 9.34. The number of ether oxygens (including phenoxy) is 2. The van der Waals surface area contributed by atoms with Crippen LogP contribution in [-0.4, -0.2) is 87.5 Å². The van der Waals surface area contributed by atoms with Crippen molar-refractivity contribution in [3.8, 4) is 5.88 Å². The van der Waals surface area contributed by atoms with Crippen molar-refractivity contribution in [3.05, 3.63) is 47.2 Å². The van der Waals surface area contributed by atoms with Crippen LogP contribution >= 0.6 is 0 Å². The molecule has 3 fully saturated rings. The van der Waals surface area contributed by atoms with Gasteiger partial charge in [-0.25, -0.2) is 4.98 Å². The molecule has 0 spiro atoms. The Kier molecular flexibility index (Phi) is 5.32. The van der Waals surface area contributed by atoms with Gasteiger partial charge in [-0.05, 0) is 24.3 Å². The molecule has 2 aromatic heterocycles. The lowest BCUT2D eigenvalue weighted by atomic mass is 10.0. The van der Waals surface area contributed by atoms with Crippen molar-refractivity contribution in [1.82, 2.24) is 30.2 Å². The first-order valence-electron chi connectivity index (χ1n) is 11.5. The standard InChI is InChI=1S/C23H21F3N6O4/c24-23(25,26)17-3-13(5-27-20(17)36-16-10-35-11-16)22(34)32-8-14-6-31(7-15(14)9-32)21(33)12-1-2-18-19(4-12)29-30-28-18/h1-5,14-16H,6-11H2,(H,28,29,30)/t14-,15-/m1/s1. The largest absolute Gasteiger partial charge is 0.469 e. The third-order valence-corrected chi connectivity index (χ3v) is 6.92. The van der Waals surface area contributed by atoms with Crippen LogP contribution in [0.2, 0.25) is 0 Å². The summed E-state index contributed by atoms with van der Waals surface area (Å²) in [7, 11) is 0. The fourth-order valence-corrected chi connectivity index (χ4v) is 4.97. The minimum absolute atomic E-state index is 0.0463. The van der Waals surface area contributed by atoms with Gasteiger partial charge in [0.15, 0.2) is 0 Å². The number of rotatable bonds is 4. The number of likely N-dealkylation sites (tertiary alicyclic amines) is 2. The quantitative estimate of drug-likeness (QED) is 0.581. The van der Waals surface area contributed by atoms with E-state index in [1.807, 2.05) is 0 Å². The van der Waals surface area contributed by atoms with Crippen molar-refractivity contribution < 1.29 is 32.2 Å². The van der Waals surface area contributed by atoms with Crippen LogP contribution in [0.1, 0.15) is 26.3 Å². The highest BCUT2D eigenvalue weighted by Crippen LogP contribution is 2.37. The second-order valence-electron chi connectivity index (χ2n) is 9.34. The summed E-state index contributed by atoms with van der Waals surface area (Å²) < 4.78 is 51.1. The number of alkyl halides is 3. The fourth-order valence-electron chi connectivity index (χ4n) is 4.97. The molecular formula is C23H21F3N6O4. The van der Waals surface area contributed by atoms with E-state index in [2.05, 4.69) is 20.4 Å². The van der Waals surface area contributed by atoms with E-state index in [9.17, 15) is 22.8 Å². The lowest BCUT2D eigenvalue weighted by Gasteiger charge is -2.27. The minimum atomic E-state index is -4.72. The zero-order valence-electron chi connectivity index (χ0n) is 18.9. The Morgan fingerprint density at radius 1 is 1.00 bits per heavy atom. The van der Waals surface area contributed by atoms with Crippen LogP contribution in [0.3, 0.4) is 0 Å². The van der Waals surface area contributed by atoms with E-state index in [1.54, 1.807) is 23.1 Å². The van der Waals surface area contributed by atoms with Gasteiger partial charge in [0.25, 0.3) is 11.8 Å². The zero-order chi connectivity index (χ0) is 25.0. The Morgan fingerprint density at radius 2 is 1.67 bits per heavy atom. The van der Waals surface area contributed by atoms with Gasteiger partial charge < -0.3 is 19.3 Å². The molecule has 3 aliphatic heterocycles. The number of amides is 2. The monoisotopic (exact) mass is 502 g/mol. The molecule has 0 unspecified atom stereocenters. The molecule has 10 nitrogen and oxygen atoms in total. The molecule has 0 aliphatic carbocycles. The SMILES string of the molecule is O=C(c1cnc(OC2COC2)c(C(F)(F)F)c1)N1C[C@H]2CN(C(=O)c3ccc4[nH]nnc4c3)C[C@@H]2C1. The highest BCUT2D eigenvalue weighted by Gasteiger charge is 2.44. The first-order valence-corrected chi connectivity index (χ1v) is 11.5. The number of carbonyl (C=O) groups excluding carboxylic acids is 2. The molecule has 2 atom stereocenters.